The quantitative estimate of drug-likeness (QED) is 0.691. The summed E-state index contributed by atoms with van der Waals surface area (Å²) in [5.41, 5.74) is 4.46. The van der Waals surface area contributed by atoms with Crippen LogP contribution in [-0.2, 0) is 24.5 Å². The van der Waals surface area contributed by atoms with Gasteiger partial charge in [-0.15, -0.1) is 0 Å². The average molecular weight is 462 g/mol. The zero-order valence-electron chi connectivity index (χ0n) is 19.3. The van der Waals surface area contributed by atoms with E-state index in [0.29, 0.717) is 43.0 Å². The van der Waals surface area contributed by atoms with E-state index in [1.807, 2.05) is 12.1 Å². The summed E-state index contributed by atoms with van der Waals surface area (Å²) in [4.78, 5) is 29.5. The van der Waals surface area contributed by atoms with E-state index < -0.39 is 6.04 Å². The van der Waals surface area contributed by atoms with Crippen LogP contribution >= 0.6 is 0 Å². The molecule has 1 unspecified atom stereocenters. The number of aliphatic hydroxyl groups excluding tert-OH is 1. The first-order chi connectivity index (χ1) is 16.5. The molecule has 0 radical (unpaired) electrons. The third kappa shape index (κ3) is 4.72. The lowest BCUT2D eigenvalue weighted by molar-refractivity contribution is -0.126. The molecule has 7 nitrogen and oxygen atoms in total. The Kier molecular flexibility index (Phi) is 6.39. The number of carbonyl (C=O) groups excluding carboxylic acids is 2. The van der Waals surface area contributed by atoms with Crippen LogP contribution in [0.5, 0.6) is 5.75 Å². The minimum Gasteiger partial charge on any atom is -0.489 e. The number of rotatable bonds is 6. The van der Waals surface area contributed by atoms with E-state index in [-0.39, 0.29) is 17.9 Å². The van der Waals surface area contributed by atoms with E-state index in [1.165, 1.54) is 5.56 Å². The maximum absolute atomic E-state index is 13.0. The van der Waals surface area contributed by atoms with Crippen LogP contribution in [0.1, 0.15) is 52.7 Å². The summed E-state index contributed by atoms with van der Waals surface area (Å²) in [7, 11) is 0. The lowest BCUT2D eigenvalue weighted by Crippen LogP contribution is -2.49. The SMILES string of the molecule is C=C1CCC(N2Cc3c(OCc4ccc(CN5CCC(O)CC5)cc4)cccc3C2=O)C(=O)N1. The van der Waals surface area contributed by atoms with Crippen molar-refractivity contribution in [3.05, 3.63) is 77.0 Å². The summed E-state index contributed by atoms with van der Waals surface area (Å²) in [5, 5.41) is 12.4. The van der Waals surface area contributed by atoms with E-state index in [1.54, 1.807) is 11.0 Å². The van der Waals surface area contributed by atoms with Gasteiger partial charge in [0.05, 0.1) is 12.6 Å². The molecule has 5 rings (SSSR count). The standard InChI is InChI=1S/C27H31N3O4/c1-18-5-10-24(26(32)28-18)30-16-23-22(27(30)33)3-2-4-25(23)34-17-20-8-6-19(7-9-20)15-29-13-11-21(31)12-14-29/h2-4,6-9,21,24,31H,1,5,10-17H2,(H,28,32). The number of fused-ring (bicyclic) bond motifs is 1. The number of hydrogen-bond acceptors (Lipinski definition) is 5. The monoisotopic (exact) mass is 461 g/mol. The Morgan fingerprint density at radius 2 is 1.76 bits per heavy atom. The molecule has 0 saturated carbocycles. The number of benzene rings is 2. The van der Waals surface area contributed by atoms with Gasteiger partial charge in [-0.2, -0.15) is 0 Å². The van der Waals surface area contributed by atoms with Crippen LogP contribution in [-0.4, -0.2) is 52.0 Å². The second-order valence-electron chi connectivity index (χ2n) is 9.48. The van der Waals surface area contributed by atoms with Crippen molar-refractivity contribution in [2.45, 2.75) is 57.5 Å². The van der Waals surface area contributed by atoms with Gasteiger partial charge < -0.3 is 20.1 Å². The van der Waals surface area contributed by atoms with Crippen molar-refractivity contribution >= 4 is 11.8 Å². The predicted octanol–water partition coefficient (Wildman–Crippen LogP) is 2.97. The Labute approximate surface area is 200 Å². The lowest BCUT2D eigenvalue weighted by atomic mass is 10.0. The summed E-state index contributed by atoms with van der Waals surface area (Å²) in [5.74, 6) is 0.397. The number of aliphatic hydroxyl groups is 1. The normalized spacial score (nSPS) is 21.5. The Balaban J connectivity index is 1.21. The van der Waals surface area contributed by atoms with Crippen LogP contribution in [0.4, 0.5) is 0 Å². The number of ether oxygens (including phenoxy) is 1. The molecule has 34 heavy (non-hydrogen) atoms. The van der Waals surface area contributed by atoms with E-state index in [4.69, 9.17) is 4.74 Å². The molecule has 2 aromatic rings. The van der Waals surface area contributed by atoms with E-state index in [0.717, 1.165) is 43.6 Å². The highest BCUT2D eigenvalue weighted by Crippen LogP contribution is 2.34. The molecule has 0 spiro atoms. The second-order valence-corrected chi connectivity index (χ2v) is 9.48. The highest BCUT2D eigenvalue weighted by Gasteiger charge is 2.39. The van der Waals surface area contributed by atoms with Gasteiger partial charge >= 0.3 is 0 Å². The van der Waals surface area contributed by atoms with Crippen LogP contribution in [0.3, 0.4) is 0 Å². The number of hydrogen-bond donors (Lipinski definition) is 2. The van der Waals surface area contributed by atoms with Crippen molar-refractivity contribution in [1.82, 2.24) is 15.1 Å². The van der Waals surface area contributed by atoms with Crippen molar-refractivity contribution in [3.63, 3.8) is 0 Å². The third-order valence-electron chi connectivity index (χ3n) is 7.03. The summed E-state index contributed by atoms with van der Waals surface area (Å²) in [6, 6.07) is 13.4. The third-order valence-corrected chi connectivity index (χ3v) is 7.03. The van der Waals surface area contributed by atoms with Gasteiger partial charge in [-0.3, -0.25) is 14.5 Å². The van der Waals surface area contributed by atoms with Crippen LogP contribution in [0, 0.1) is 0 Å². The largest absolute Gasteiger partial charge is 0.489 e. The van der Waals surface area contributed by atoms with Crippen molar-refractivity contribution in [2.75, 3.05) is 13.1 Å². The predicted molar refractivity (Wildman–Crippen MR) is 128 cm³/mol. The molecule has 2 aromatic carbocycles. The molecule has 3 heterocycles. The zero-order chi connectivity index (χ0) is 23.7. The van der Waals surface area contributed by atoms with Crippen molar-refractivity contribution in [3.8, 4) is 5.75 Å². The Hall–Kier alpha value is -3.16. The zero-order valence-corrected chi connectivity index (χ0v) is 19.3. The molecule has 2 amide bonds. The molecule has 1 atom stereocenters. The van der Waals surface area contributed by atoms with Crippen LogP contribution in [0.15, 0.2) is 54.7 Å². The molecule has 0 aromatic heterocycles. The maximum atomic E-state index is 13.0. The first-order valence-corrected chi connectivity index (χ1v) is 12.0. The van der Waals surface area contributed by atoms with Gasteiger partial charge in [-0.1, -0.05) is 36.9 Å². The molecular weight excluding hydrogens is 430 g/mol. The molecular formula is C27H31N3O4. The van der Waals surface area contributed by atoms with Gasteiger partial charge in [-0.25, -0.2) is 0 Å². The minimum atomic E-state index is -0.478. The number of likely N-dealkylation sites (tertiary alicyclic amines) is 1. The van der Waals surface area contributed by atoms with Gasteiger partial charge in [0.2, 0.25) is 5.91 Å². The molecule has 3 aliphatic heterocycles. The highest BCUT2D eigenvalue weighted by molar-refractivity contribution is 6.02. The maximum Gasteiger partial charge on any atom is 0.255 e. The Morgan fingerprint density at radius 1 is 1.03 bits per heavy atom. The molecule has 178 valence electrons. The van der Waals surface area contributed by atoms with Crippen LogP contribution < -0.4 is 10.1 Å². The molecule has 2 saturated heterocycles. The molecule has 2 fully saturated rings. The van der Waals surface area contributed by atoms with Crippen molar-refractivity contribution in [1.29, 1.82) is 0 Å². The molecule has 2 N–H and O–H groups in total. The Bertz CT molecular complexity index is 1090. The number of nitrogens with one attached hydrogen (secondary N) is 1. The van der Waals surface area contributed by atoms with Gasteiger partial charge in [0.1, 0.15) is 18.4 Å². The first-order valence-electron chi connectivity index (χ1n) is 12.0. The van der Waals surface area contributed by atoms with Crippen LogP contribution in [0.25, 0.3) is 0 Å². The number of carbonyl (C=O) groups is 2. The van der Waals surface area contributed by atoms with Crippen LogP contribution in [0.2, 0.25) is 0 Å². The fourth-order valence-corrected chi connectivity index (χ4v) is 5.01. The van der Waals surface area contributed by atoms with Gasteiger partial charge in [0.25, 0.3) is 5.91 Å². The Morgan fingerprint density at radius 3 is 2.50 bits per heavy atom. The summed E-state index contributed by atoms with van der Waals surface area (Å²) in [6.07, 6.45) is 2.79. The highest BCUT2D eigenvalue weighted by atomic mass is 16.5. The van der Waals surface area contributed by atoms with E-state index in [2.05, 4.69) is 41.1 Å². The summed E-state index contributed by atoms with van der Waals surface area (Å²) < 4.78 is 6.13. The summed E-state index contributed by atoms with van der Waals surface area (Å²) >= 11 is 0. The van der Waals surface area contributed by atoms with E-state index >= 15 is 0 Å². The fraction of sp³-hybridized carbons (Fsp3) is 0.407. The topological polar surface area (TPSA) is 82.1 Å². The summed E-state index contributed by atoms with van der Waals surface area (Å²) in [6.45, 7) is 7.35. The van der Waals surface area contributed by atoms with Gasteiger partial charge in [-0.05, 0) is 48.9 Å². The van der Waals surface area contributed by atoms with E-state index in [9.17, 15) is 14.7 Å². The minimum absolute atomic E-state index is 0.123. The lowest BCUT2D eigenvalue weighted by Gasteiger charge is -2.31. The fourth-order valence-electron chi connectivity index (χ4n) is 5.01. The average Bonchev–Trinajstić information content (AvgIpc) is 3.17. The number of piperidine rings is 2. The second kappa shape index (κ2) is 9.60. The molecule has 3 aliphatic rings. The van der Waals surface area contributed by atoms with Crippen molar-refractivity contribution < 1.29 is 19.4 Å². The number of amides is 2. The molecule has 0 aliphatic carbocycles. The van der Waals surface area contributed by atoms with Crippen molar-refractivity contribution in [2.24, 2.45) is 0 Å². The van der Waals surface area contributed by atoms with Gasteiger partial charge in [0, 0.05) is 36.5 Å². The number of nitrogens with zero attached hydrogens (tertiary/aromatic N) is 2. The smallest absolute Gasteiger partial charge is 0.255 e. The number of allylic oxidation sites excluding steroid dienone is 1. The molecule has 7 heteroatoms. The van der Waals surface area contributed by atoms with Gasteiger partial charge in [0.15, 0.2) is 0 Å². The molecule has 0 bridgehead atoms. The first kappa shape index (κ1) is 22.6.